The van der Waals surface area contributed by atoms with E-state index in [0.29, 0.717) is 27.3 Å². The summed E-state index contributed by atoms with van der Waals surface area (Å²) >= 11 is 1.14. The Morgan fingerprint density at radius 3 is 2.35 bits per heavy atom. The van der Waals surface area contributed by atoms with E-state index in [-0.39, 0.29) is 35.9 Å². The van der Waals surface area contributed by atoms with Gasteiger partial charge >= 0.3 is 5.97 Å². The number of hydrogen-bond acceptors (Lipinski definition) is 8. The molecule has 0 fully saturated rings. The normalized spacial score (nSPS) is 12.0. The molecule has 1 aromatic heterocycles. The second kappa shape index (κ2) is 11.3. The minimum Gasteiger partial charge on any atom is -0.495 e. The zero-order valence-electron chi connectivity index (χ0n) is 19.1. The molecule has 3 aromatic rings. The predicted molar refractivity (Wildman–Crippen MR) is 129 cm³/mol. The first-order valence-electron chi connectivity index (χ1n) is 10.5. The van der Waals surface area contributed by atoms with Crippen LogP contribution in [0.15, 0.2) is 47.5 Å². The summed E-state index contributed by atoms with van der Waals surface area (Å²) in [7, 11) is -0.499. The van der Waals surface area contributed by atoms with E-state index < -0.39 is 21.7 Å². The summed E-state index contributed by atoms with van der Waals surface area (Å²) in [6.07, 6.45) is -0.281. The molecule has 182 valence electrons. The Morgan fingerprint density at radius 1 is 1.03 bits per heavy atom. The van der Waals surface area contributed by atoms with Crippen LogP contribution in [0.2, 0.25) is 0 Å². The Hall–Kier alpha value is -3.18. The van der Waals surface area contributed by atoms with Crippen LogP contribution in [0.3, 0.4) is 0 Å². The van der Waals surface area contributed by atoms with Gasteiger partial charge in [-0.1, -0.05) is 41.7 Å². The van der Waals surface area contributed by atoms with Gasteiger partial charge in [0.15, 0.2) is 14.6 Å². The van der Waals surface area contributed by atoms with E-state index in [1.54, 1.807) is 49.4 Å². The summed E-state index contributed by atoms with van der Waals surface area (Å²) in [5.74, 6) is -0.612. The maximum absolute atomic E-state index is 12.6. The van der Waals surface area contributed by atoms with Crippen LogP contribution in [0.25, 0.3) is 10.2 Å². The first-order chi connectivity index (χ1) is 16.3. The maximum Gasteiger partial charge on any atom is 0.326 e. The van der Waals surface area contributed by atoms with Gasteiger partial charge < -0.3 is 18.8 Å². The molecule has 0 atom stereocenters. The van der Waals surface area contributed by atoms with Crippen LogP contribution in [0.5, 0.6) is 11.5 Å². The minimum atomic E-state index is -3.50. The molecule has 9 nitrogen and oxygen atoms in total. The lowest BCUT2D eigenvalue weighted by Crippen LogP contribution is -2.23. The largest absolute Gasteiger partial charge is 0.495 e. The number of rotatable bonds is 10. The third kappa shape index (κ3) is 6.23. The van der Waals surface area contributed by atoms with Crippen LogP contribution >= 0.6 is 11.3 Å². The second-order valence-corrected chi connectivity index (χ2v) is 10.4. The number of sulfone groups is 1. The standard InChI is InChI=1S/C23H26N2O7S2/c1-4-32-20(27)14-25-21-17(30-2)10-11-18(31-3)22(21)33-23(25)24-19(26)12-13-34(28,29)15-16-8-6-5-7-9-16/h5-11H,4,12-15H2,1-3H3. The Balaban J connectivity index is 1.94. The Labute approximate surface area is 201 Å². The lowest BCUT2D eigenvalue weighted by Gasteiger charge is -2.10. The zero-order chi connectivity index (χ0) is 24.7. The van der Waals surface area contributed by atoms with Crippen molar-refractivity contribution in [3.8, 4) is 11.5 Å². The van der Waals surface area contributed by atoms with E-state index in [0.717, 1.165) is 11.3 Å². The van der Waals surface area contributed by atoms with Crippen molar-refractivity contribution >= 4 is 43.3 Å². The van der Waals surface area contributed by atoms with Gasteiger partial charge in [0.25, 0.3) is 0 Å². The second-order valence-electron chi connectivity index (χ2n) is 7.26. The lowest BCUT2D eigenvalue weighted by molar-refractivity contribution is -0.143. The van der Waals surface area contributed by atoms with Gasteiger partial charge in [-0.25, -0.2) is 8.42 Å². The van der Waals surface area contributed by atoms with E-state index in [1.165, 1.54) is 18.8 Å². The number of thiazole rings is 1. The highest BCUT2D eigenvalue weighted by Gasteiger charge is 2.20. The van der Waals surface area contributed by atoms with Gasteiger partial charge in [0.2, 0.25) is 5.91 Å². The smallest absolute Gasteiger partial charge is 0.326 e. The lowest BCUT2D eigenvalue weighted by atomic mass is 10.2. The third-order valence-electron chi connectivity index (χ3n) is 4.86. The van der Waals surface area contributed by atoms with Crippen molar-refractivity contribution in [3.05, 3.63) is 52.8 Å². The van der Waals surface area contributed by atoms with Crippen molar-refractivity contribution < 1.29 is 32.2 Å². The molecule has 0 N–H and O–H groups in total. The zero-order valence-corrected chi connectivity index (χ0v) is 20.8. The SMILES string of the molecule is CCOC(=O)Cn1c(=NC(=O)CCS(=O)(=O)Cc2ccccc2)sc2c(OC)ccc(OC)c21. The Bertz CT molecular complexity index is 1340. The highest BCUT2D eigenvalue weighted by Crippen LogP contribution is 2.35. The Kier molecular flexibility index (Phi) is 8.46. The van der Waals surface area contributed by atoms with Crippen molar-refractivity contribution in [1.82, 2.24) is 4.57 Å². The molecular weight excluding hydrogens is 480 g/mol. The average Bonchev–Trinajstić information content (AvgIpc) is 3.15. The van der Waals surface area contributed by atoms with E-state index >= 15 is 0 Å². The van der Waals surface area contributed by atoms with Crippen LogP contribution in [0.4, 0.5) is 0 Å². The van der Waals surface area contributed by atoms with Gasteiger partial charge in [-0.05, 0) is 24.6 Å². The monoisotopic (exact) mass is 506 g/mol. The number of carbonyl (C=O) groups excluding carboxylic acids is 2. The van der Waals surface area contributed by atoms with Crippen LogP contribution in [0.1, 0.15) is 18.9 Å². The summed E-state index contributed by atoms with van der Waals surface area (Å²) in [4.78, 5) is 29.3. The molecule has 3 rings (SSSR count). The van der Waals surface area contributed by atoms with E-state index in [9.17, 15) is 18.0 Å². The molecule has 0 saturated carbocycles. The molecule has 0 unspecified atom stereocenters. The van der Waals surface area contributed by atoms with Crippen molar-refractivity contribution in [2.75, 3.05) is 26.6 Å². The number of esters is 1. The first kappa shape index (κ1) is 25.4. The number of aromatic nitrogens is 1. The van der Waals surface area contributed by atoms with E-state index in [1.807, 2.05) is 0 Å². The van der Waals surface area contributed by atoms with Crippen LogP contribution in [-0.2, 0) is 36.5 Å². The fourth-order valence-corrected chi connectivity index (χ4v) is 5.81. The van der Waals surface area contributed by atoms with Crippen LogP contribution in [-0.4, -0.2) is 51.4 Å². The third-order valence-corrected chi connectivity index (χ3v) is 7.55. The van der Waals surface area contributed by atoms with Crippen molar-refractivity contribution in [2.24, 2.45) is 4.99 Å². The van der Waals surface area contributed by atoms with Crippen LogP contribution in [0, 0.1) is 0 Å². The molecule has 0 spiro atoms. The van der Waals surface area contributed by atoms with Crippen molar-refractivity contribution in [2.45, 2.75) is 25.6 Å². The number of amides is 1. The number of methoxy groups -OCH3 is 2. The predicted octanol–water partition coefficient (Wildman–Crippen LogP) is 2.72. The highest BCUT2D eigenvalue weighted by molar-refractivity contribution is 7.90. The van der Waals surface area contributed by atoms with Gasteiger partial charge in [-0.15, -0.1) is 0 Å². The van der Waals surface area contributed by atoms with E-state index in [4.69, 9.17) is 14.2 Å². The fraction of sp³-hybridized carbons (Fsp3) is 0.348. The van der Waals surface area contributed by atoms with Gasteiger partial charge in [0, 0.05) is 6.42 Å². The van der Waals surface area contributed by atoms with Gasteiger partial charge in [-0.3, -0.25) is 9.59 Å². The molecule has 1 heterocycles. The number of benzene rings is 2. The summed E-state index contributed by atoms with van der Waals surface area (Å²) in [6.45, 7) is 1.70. The van der Waals surface area contributed by atoms with Crippen molar-refractivity contribution in [1.29, 1.82) is 0 Å². The number of fused-ring (bicyclic) bond motifs is 1. The summed E-state index contributed by atoms with van der Waals surface area (Å²) in [5, 5.41) is 0. The molecular formula is C23H26N2O7S2. The van der Waals surface area contributed by atoms with Gasteiger partial charge in [-0.2, -0.15) is 4.99 Å². The number of hydrogen-bond donors (Lipinski definition) is 0. The molecule has 2 aromatic carbocycles. The summed E-state index contributed by atoms with van der Waals surface area (Å²) in [5.41, 5.74) is 1.19. The molecule has 34 heavy (non-hydrogen) atoms. The molecule has 11 heteroatoms. The average molecular weight is 507 g/mol. The topological polar surface area (TPSA) is 113 Å². The molecule has 0 bridgehead atoms. The molecule has 0 radical (unpaired) electrons. The van der Waals surface area contributed by atoms with Gasteiger partial charge in [0.1, 0.15) is 28.3 Å². The first-order valence-corrected chi connectivity index (χ1v) is 13.1. The number of carbonyl (C=O) groups is 2. The Morgan fingerprint density at radius 2 is 1.71 bits per heavy atom. The summed E-state index contributed by atoms with van der Waals surface area (Å²) in [6, 6.07) is 12.2. The fourth-order valence-electron chi connectivity index (χ4n) is 3.33. The van der Waals surface area contributed by atoms with E-state index in [2.05, 4.69) is 4.99 Å². The number of nitrogens with zero attached hydrogens (tertiary/aromatic N) is 2. The minimum absolute atomic E-state index is 0.152. The maximum atomic E-state index is 12.6. The molecule has 0 aliphatic carbocycles. The van der Waals surface area contributed by atoms with Crippen molar-refractivity contribution in [3.63, 3.8) is 0 Å². The highest BCUT2D eigenvalue weighted by atomic mass is 32.2. The molecule has 0 saturated heterocycles. The molecule has 0 aliphatic heterocycles. The quantitative estimate of drug-likeness (QED) is 0.389. The summed E-state index contributed by atoms with van der Waals surface area (Å²) < 4.78 is 43.0. The number of ether oxygens (including phenoxy) is 3. The molecule has 1 amide bonds. The van der Waals surface area contributed by atoms with Crippen LogP contribution < -0.4 is 14.3 Å². The molecule has 0 aliphatic rings. The van der Waals surface area contributed by atoms with Gasteiger partial charge in [0.05, 0.1) is 32.3 Å².